The molecule has 0 saturated carbocycles. The fourth-order valence-electron chi connectivity index (χ4n) is 2.97. The first-order valence-corrected chi connectivity index (χ1v) is 8.26. The molecule has 21 heavy (non-hydrogen) atoms. The van der Waals surface area contributed by atoms with Crippen LogP contribution in [0.4, 0.5) is 0 Å². The number of unbranched alkanes of at least 4 members (excludes halogenated alkanes) is 2. The summed E-state index contributed by atoms with van der Waals surface area (Å²) < 4.78 is 0. The van der Waals surface area contributed by atoms with Crippen LogP contribution >= 0.6 is 11.6 Å². The van der Waals surface area contributed by atoms with E-state index >= 15 is 0 Å². The molecule has 2 rings (SSSR count). The van der Waals surface area contributed by atoms with Gasteiger partial charge in [0, 0.05) is 11.1 Å². The maximum atomic E-state index is 12.5. The Morgan fingerprint density at radius 3 is 2.81 bits per heavy atom. The molecule has 0 aromatic heterocycles. The second kappa shape index (κ2) is 7.28. The molecule has 1 aliphatic heterocycles. The lowest BCUT2D eigenvalue weighted by Gasteiger charge is -2.31. The third kappa shape index (κ3) is 3.78. The Hall–Kier alpha value is -1.06. The van der Waals surface area contributed by atoms with E-state index in [0.29, 0.717) is 5.02 Å². The van der Waals surface area contributed by atoms with Crippen molar-refractivity contribution < 1.29 is 4.79 Å². The first-order valence-electron chi connectivity index (χ1n) is 7.88. The van der Waals surface area contributed by atoms with Crippen molar-refractivity contribution in [3.63, 3.8) is 0 Å². The van der Waals surface area contributed by atoms with Crippen molar-refractivity contribution in [1.82, 2.24) is 10.2 Å². The van der Waals surface area contributed by atoms with E-state index in [9.17, 15) is 4.79 Å². The third-order valence-electron chi connectivity index (χ3n) is 4.18. The summed E-state index contributed by atoms with van der Waals surface area (Å²) in [5, 5.41) is 4.09. The molecule has 3 atom stereocenters. The highest BCUT2D eigenvalue weighted by Crippen LogP contribution is 2.30. The number of benzene rings is 1. The Morgan fingerprint density at radius 2 is 2.14 bits per heavy atom. The van der Waals surface area contributed by atoms with Crippen LogP contribution in [-0.2, 0) is 4.79 Å². The van der Waals surface area contributed by atoms with Gasteiger partial charge in [0.25, 0.3) is 0 Å². The van der Waals surface area contributed by atoms with Gasteiger partial charge in [-0.1, -0.05) is 49.9 Å². The highest BCUT2D eigenvalue weighted by atomic mass is 35.5. The van der Waals surface area contributed by atoms with Crippen molar-refractivity contribution in [3.8, 4) is 0 Å². The third-order valence-corrected chi connectivity index (χ3v) is 4.41. The van der Waals surface area contributed by atoms with Crippen LogP contribution in [0.25, 0.3) is 0 Å². The van der Waals surface area contributed by atoms with E-state index in [1.165, 1.54) is 12.8 Å². The Bertz CT molecular complexity index is 491. The van der Waals surface area contributed by atoms with Gasteiger partial charge in [-0.15, -0.1) is 0 Å². The van der Waals surface area contributed by atoms with E-state index in [1.54, 1.807) is 0 Å². The zero-order valence-electron chi connectivity index (χ0n) is 13.1. The molecular formula is C17H25ClN2O. The molecule has 116 valence electrons. The van der Waals surface area contributed by atoms with Crippen LogP contribution in [0.3, 0.4) is 0 Å². The minimum absolute atomic E-state index is 0.0668. The van der Waals surface area contributed by atoms with E-state index in [4.69, 9.17) is 11.6 Å². The molecule has 0 radical (unpaired) electrons. The molecule has 1 amide bonds. The number of hydrogen-bond acceptors (Lipinski definition) is 2. The summed E-state index contributed by atoms with van der Waals surface area (Å²) in [7, 11) is 0. The minimum Gasteiger partial charge on any atom is -0.319 e. The van der Waals surface area contributed by atoms with E-state index in [2.05, 4.69) is 19.2 Å². The van der Waals surface area contributed by atoms with Gasteiger partial charge in [0.1, 0.15) is 6.17 Å². The van der Waals surface area contributed by atoms with Crippen molar-refractivity contribution >= 4 is 17.5 Å². The number of rotatable bonds is 6. The van der Waals surface area contributed by atoms with Crippen molar-refractivity contribution in [1.29, 1.82) is 0 Å². The average Bonchev–Trinajstić information content (AvgIpc) is 2.75. The zero-order chi connectivity index (χ0) is 15.4. The topological polar surface area (TPSA) is 32.3 Å². The molecule has 1 fully saturated rings. The predicted molar refractivity (Wildman–Crippen MR) is 87.2 cm³/mol. The first kappa shape index (κ1) is 16.3. The van der Waals surface area contributed by atoms with E-state index in [1.807, 2.05) is 36.1 Å². The lowest BCUT2D eigenvalue weighted by Crippen LogP contribution is -2.38. The van der Waals surface area contributed by atoms with E-state index < -0.39 is 0 Å². The van der Waals surface area contributed by atoms with Crippen LogP contribution in [-0.4, -0.2) is 22.9 Å². The Kier molecular flexibility index (Phi) is 5.65. The molecule has 3 unspecified atom stereocenters. The highest BCUT2D eigenvalue weighted by Gasteiger charge is 2.39. The molecule has 1 aliphatic rings. The standard InChI is InChI=1S/C17H25ClN2O/c1-4-5-6-8-12(2)20-16(19-13(3)17(20)21)14-9-7-10-15(18)11-14/h7,9-13,16,19H,4-6,8H2,1-3H3. The van der Waals surface area contributed by atoms with Gasteiger partial charge in [0.2, 0.25) is 5.91 Å². The summed E-state index contributed by atoms with van der Waals surface area (Å²) in [4.78, 5) is 14.5. The second-order valence-electron chi connectivity index (χ2n) is 5.94. The number of carbonyl (C=O) groups excluding carboxylic acids is 1. The number of halogens is 1. The van der Waals surface area contributed by atoms with Gasteiger partial charge in [0.15, 0.2) is 0 Å². The van der Waals surface area contributed by atoms with Gasteiger partial charge in [-0.25, -0.2) is 0 Å². The normalized spacial score (nSPS) is 23.6. The van der Waals surface area contributed by atoms with Crippen LogP contribution in [0, 0.1) is 0 Å². The predicted octanol–water partition coefficient (Wildman–Crippen LogP) is 4.13. The van der Waals surface area contributed by atoms with Crippen molar-refractivity contribution in [2.24, 2.45) is 0 Å². The number of hydrogen-bond donors (Lipinski definition) is 1. The second-order valence-corrected chi connectivity index (χ2v) is 6.37. The van der Waals surface area contributed by atoms with Crippen LogP contribution in [0.15, 0.2) is 24.3 Å². The van der Waals surface area contributed by atoms with Gasteiger partial charge in [0.05, 0.1) is 6.04 Å². The molecule has 3 nitrogen and oxygen atoms in total. The number of nitrogens with zero attached hydrogens (tertiary/aromatic N) is 1. The summed E-state index contributed by atoms with van der Waals surface area (Å²) in [6.07, 6.45) is 4.57. The summed E-state index contributed by atoms with van der Waals surface area (Å²) >= 11 is 6.09. The summed E-state index contributed by atoms with van der Waals surface area (Å²) in [6, 6.07) is 7.87. The number of carbonyl (C=O) groups is 1. The van der Waals surface area contributed by atoms with Crippen LogP contribution in [0.2, 0.25) is 5.02 Å². The first-order chi connectivity index (χ1) is 10.0. The largest absolute Gasteiger partial charge is 0.319 e. The molecule has 1 N–H and O–H groups in total. The van der Waals surface area contributed by atoms with Gasteiger partial charge >= 0.3 is 0 Å². The van der Waals surface area contributed by atoms with Crippen LogP contribution in [0.5, 0.6) is 0 Å². The molecule has 1 aromatic rings. The molecule has 4 heteroatoms. The number of nitrogens with one attached hydrogen (secondary N) is 1. The Balaban J connectivity index is 2.16. The molecular weight excluding hydrogens is 284 g/mol. The highest BCUT2D eigenvalue weighted by molar-refractivity contribution is 6.30. The molecule has 0 bridgehead atoms. The maximum Gasteiger partial charge on any atom is 0.241 e. The Morgan fingerprint density at radius 1 is 1.38 bits per heavy atom. The fourth-order valence-corrected chi connectivity index (χ4v) is 3.17. The Labute approximate surface area is 132 Å². The molecule has 1 aromatic carbocycles. The van der Waals surface area contributed by atoms with Crippen molar-refractivity contribution in [3.05, 3.63) is 34.9 Å². The van der Waals surface area contributed by atoms with Crippen molar-refractivity contribution in [2.45, 2.75) is 64.7 Å². The summed E-state index contributed by atoms with van der Waals surface area (Å²) in [5.74, 6) is 0.184. The van der Waals surface area contributed by atoms with Crippen LogP contribution in [0.1, 0.15) is 58.2 Å². The van der Waals surface area contributed by atoms with E-state index in [-0.39, 0.29) is 24.2 Å². The van der Waals surface area contributed by atoms with Gasteiger partial charge in [-0.3, -0.25) is 10.1 Å². The SMILES string of the molecule is CCCCCC(C)N1C(=O)C(C)NC1c1cccc(Cl)c1. The smallest absolute Gasteiger partial charge is 0.241 e. The van der Waals surface area contributed by atoms with E-state index in [0.717, 1.165) is 18.4 Å². The number of amides is 1. The van der Waals surface area contributed by atoms with Gasteiger partial charge < -0.3 is 4.90 Å². The molecule has 1 heterocycles. The lowest BCUT2D eigenvalue weighted by atomic mass is 10.1. The fraction of sp³-hybridized carbons (Fsp3) is 0.588. The quantitative estimate of drug-likeness (QED) is 0.801. The summed E-state index contributed by atoms with van der Waals surface area (Å²) in [5.41, 5.74) is 1.06. The average molecular weight is 309 g/mol. The monoisotopic (exact) mass is 308 g/mol. The van der Waals surface area contributed by atoms with Gasteiger partial charge in [-0.05, 0) is 38.0 Å². The zero-order valence-corrected chi connectivity index (χ0v) is 13.9. The lowest BCUT2D eigenvalue weighted by molar-refractivity contribution is -0.131. The van der Waals surface area contributed by atoms with Crippen LogP contribution < -0.4 is 5.32 Å². The molecule has 0 aliphatic carbocycles. The van der Waals surface area contributed by atoms with Gasteiger partial charge in [-0.2, -0.15) is 0 Å². The summed E-state index contributed by atoms with van der Waals surface area (Å²) in [6.45, 7) is 6.27. The maximum absolute atomic E-state index is 12.5. The molecule has 1 saturated heterocycles. The minimum atomic E-state index is -0.136. The van der Waals surface area contributed by atoms with Crippen molar-refractivity contribution in [2.75, 3.05) is 0 Å². The molecule has 0 spiro atoms.